The van der Waals surface area contributed by atoms with E-state index in [2.05, 4.69) is 27.6 Å². The molecule has 0 unspecified atom stereocenters. The number of benzene rings is 1. The average Bonchev–Trinajstić information content (AvgIpc) is 2.25. The summed E-state index contributed by atoms with van der Waals surface area (Å²) in [7, 11) is 0. The van der Waals surface area contributed by atoms with E-state index in [1.807, 2.05) is 12.1 Å². The van der Waals surface area contributed by atoms with Crippen molar-refractivity contribution in [1.82, 2.24) is 4.98 Å². The zero-order valence-electron chi connectivity index (χ0n) is 7.95. The van der Waals surface area contributed by atoms with Gasteiger partial charge in [0.25, 0.3) is 5.88 Å². The summed E-state index contributed by atoms with van der Waals surface area (Å²) in [5.74, 6) is -1.29. The number of rotatable bonds is 2. The third kappa shape index (κ3) is 2.46. The van der Waals surface area contributed by atoms with Crippen molar-refractivity contribution in [3.05, 3.63) is 51.7 Å². The number of hydrogen-bond donors (Lipinski definition) is 0. The number of pyridine rings is 1. The van der Waals surface area contributed by atoms with Crippen molar-refractivity contribution in [2.45, 2.75) is 0 Å². The first-order chi connectivity index (χ1) is 7.66. The van der Waals surface area contributed by atoms with Gasteiger partial charge in [0.1, 0.15) is 11.6 Å². The van der Waals surface area contributed by atoms with Crippen molar-refractivity contribution in [3.8, 4) is 11.6 Å². The topological polar surface area (TPSA) is 22.1 Å². The van der Waals surface area contributed by atoms with Crippen LogP contribution < -0.4 is 4.74 Å². The summed E-state index contributed by atoms with van der Waals surface area (Å²) in [5, 5.41) is 0. The standard InChI is InChI=1S/C11H6F2INO/c12-7-5-8(13)11(15-6-7)16-10-4-2-1-3-9(10)14/h1-6H. The Balaban J connectivity index is 2.31. The van der Waals surface area contributed by atoms with Gasteiger partial charge in [0.15, 0.2) is 5.82 Å². The monoisotopic (exact) mass is 333 g/mol. The van der Waals surface area contributed by atoms with E-state index in [0.29, 0.717) is 5.75 Å². The van der Waals surface area contributed by atoms with Crippen molar-refractivity contribution in [2.24, 2.45) is 0 Å². The van der Waals surface area contributed by atoms with Crippen LogP contribution in [0, 0.1) is 15.2 Å². The van der Waals surface area contributed by atoms with Crippen LogP contribution in [-0.4, -0.2) is 4.98 Å². The molecule has 2 nitrogen and oxygen atoms in total. The van der Waals surface area contributed by atoms with E-state index in [1.165, 1.54) is 0 Å². The summed E-state index contributed by atoms with van der Waals surface area (Å²) >= 11 is 2.06. The molecule has 1 heterocycles. The number of ether oxygens (including phenoxy) is 1. The summed E-state index contributed by atoms with van der Waals surface area (Å²) in [6, 6.07) is 7.84. The van der Waals surface area contributed by atoms with Crippen LogP contribution in [0.3, 0.4) is 0 Å². The third-order valence-electron chi connectivity index (χ3n) is 1.82. The van der Waals surface area contributed by atoms with Gasteiger partial charge >= 0.3 is 0 Å². The Bertz CT molecular complexity index is 519. The van der Waals surface area contributed by atoms with Gasteiger partial charge in [0.2, 0.25) is 0 Å². The molecular weight excluding hydrogens is 327 g/mol. The Labute approximate surface area is 104 Å². The van der Waals surface area contributed by atoms with Crippen LogP contribution in [0.5, 0.6) is 11.6 Å². The third-order valence-corrected chi connectivity index (χ3v) is 2.71. The highest BCUT2D eigenvalue weighted by atomic mass is 127. The van der Waals surface area contributed by atoms with Gasteiger partial charge in [-0.05, 0) is 34.7 Å². The number of nitrogens with zero attached hydrogens (tertiary/aromatic N) is 1. The van der Waals surface area contributed by atoms with Crippen molar-refractivity contribution < 1.29 is 13.5 Å². The summed E-state index contributed by atoms with van der Waals surface area (Å²) < 4.78 is 31.9. The zero-order valence-corrected chi connectivity index (χ0v) is 10.1. The van der Waals surface area contributed by atoms with Crippen LogP contribution in [-0.2, 0) is 0 Å². The fraction of sp³-hybridized carbons (Fsp3) is 0. The predicted molar refractivity (Wildman–Crippen MR) is 63.4 cm³/mol. The predicted octanol–water partition coefficient (Wildman–Crippen LogP) is 3.76. The van der Waals surface area contributed by atoms with Gasteiger partial charge in [-0.25, -0.2) is 13.8 Å². The second-order valence-corrected chi connectivity index (χ2v) is 4.14. The molecule has 0 bridgehead atoms. The largest absolute Gasteiger partial charge is 0.435 e. The lowest BCUT2D eigenvalue weighted by Gasteiger charge is -2.06. The molecule has 82 valence electrons. The molecule has 16 heavy (non-hydrogen) atoms. The molecule has 1 aromatic heterocycles. The molecule has 2 rings (SSSR count). The lowest BCUT2D eigenvalue weighted by Crippen LogP contribution is -1.94. The lowest BCUT2D eigenvalue weighted by molar-refractivity contribution is 0.414. The van der Waals surface area contributed by atoms with Gasteiger partial charge < -0.3 is 4.74 Å². The minimum absolute atomic E-state index is 0.231. The summed E-state index contributed by atoms with van der Waals surface area (Å²) in [6.07, 6.45) is 0.911. The Hall–Kier alpha value is -1.24. The van der Waals surface area contributed by atoms with Crippen LogP contribution in [0.2, 0.25) is 0 Å². The minimum atomic E-state index is -0.820. The molecule has 0 radical (unpaired) electrons. The van der Waals surface area contributed by atoms with Crippen molar-refractivity contribution in [2.75, 3.05) is 0 Å². The molecule has 0 saturated carbocycles. The molecule has 0 amide bonds. The maximum Gasteiger partial charge on any atom is 0.256 e. The molecule has 0 aliphatic rings. The lowest BCUT2D eigenvalue weighted by atomic mass is 10.3. The summed E-state index contributed by atoms with van der Waals surface area (Å²) in [6.45, 7) is 0. The molecule has 0 atom stereocenters. The van der Waals surface area contributed by atoms with Crippen molar-refractivity contribution >= 4 is 22.6 Å². The molecule has 0 fully saturated rings. The molecule has 2 aromatic rings. The Morgan fingerprint density at radius 3 is 2.62 bits per heavy atom. The van der Waals surface area contributed by atoms with E-state index >= 15 is 0 Å². The second-order valence-electron chi connectivity index (χ2n) is 2.97. The molecule has 5 heteroatoms. The Morgan fingerprint density at radius 1 is 1.19 bits per heavy atom. The van der Waals surface area contributed by atoms with Gasteiger partial charge in [-0.15, -0.1) is 0 Å². The van der Waals surface area contributed by atoms with E-state index in [9.17, 15) is 8.78 Å². The van der Waals surface area contributed by atoms with Crippen LogP contribution >= 0.6 is 22.6 Å². The maximum atomic E-state index is 13.2. The molecule has 0 spiro atoms. The molecule has 0 aliphatic heterocycles. The van der Waals surface area contributed by atoms with E-state index in [-0.39, 0.29) is 5.88 Å². The molecule has 1 aromatic carbocycles. The van der Waals surface area contributed by atoms with Crippen LogP contribution in [0.15, 0.2) is 36.5 Å². The first-order valence-electron chi connectivity index (χ1n) is 4.40. The van der Waals surface area contributed by atoms with Gasteiger partial charge in [-0.1, -0.05) is 12.1 Å². The number of para-hydroxylation sites is 1. The minimum Gasteiger partial charge on any atom is -0.435 e. The van der Waals surface area contributed by atoms with E-state index in [4.69, 9.17) is 4.74 Å². The number of halogens is 3. The summed E-state index contributed by atoms with van der Waals surface area (Å²) in [4.78, 5) is 3.54. The van der Waals surface area contributed by atoms with Crippen molar-refractivity contribution in [3.63, 3.8) is 0 Å². The zero-order chi connectivity index (χ0) is 11.5. The van der Waals surface area contributed by atoms with Gasteiger partial charge in [0.05, 0.1) is 9.77 Å². The first-order valence-corrected chi connectivity index (χ1v) is 5.48. The molecule has 0 N–H and O–H groups in total. The highest BCUT2D eigenvalue weighted by Gasteiger charge is 2.09. The van der Waals surface area contributed by atoms with Gasteiger partial charge in [-0.2, -0.15) is 0 Å². The highest BCUT2D eigenvalue weighted by molar-refractivity contribution is 14.1. The highest BCUT2D eigenvalue weighted by Crippen LogP contribution is 2.26. The fourth-order valence-corrected chi connectivity index (χ4v) is 1.61. The van der Waals surface area contributed by atoms with E-state index in [1.54, 1.807) is 12.1 Å². The smallest absolute Gasteiger partial charge is 0.256 e. The normalized spacial score (nSPS) is 10.2. The number of hydrogen-bond acceptors (Lipinski definition) is 2. The van der Waals surface area contributed by atoms with Gasteiger partial charge in [-0.3, -0.25) is 0 Å². The Kier molecular flexibility index (Phi) is 3.33. The van der Waals surface area contributed by atoms with Crippen LogP contribution in [0.4, 0.5) is 8.78 Å². The van der Waals surface area contributed by atoms with E-state index < -0.39 is 11.6 Å². The van der Waals surface area contributed by atoms with E-state index in [0.717, 1.165) is 15.8 Å². The Morgan fingerprint density at radius 2 is 1.94 bits per heavy atom. The summed E-state index contributed by atoms with van der Waals surface area (Å²) in [5.41, 5.74) is 0. The molecule has 0 saturated heterocycles. The average molecular weight is 333 g/mol. The van der Waals surface area contributed by atoms with Crippen LogP contribution in [0.25, 0.3) is 0 Å². The second kappa shape index (κ2) is 4.73. The molecule has 0 aliphatic carbocycles. The van der Waals surface area contributed by atoms with Crippen LogP contribution in [0.1, 0.15) is 0 Å². The number of aromatic nitrogens is 1. The van der Waals surface area contributed by atoms with Crippen molar-refractivity contribution in [1.29, 1.82) is 0 Å². The SMILES string of the molecule is Fc1cnc(Oc2ccccc2I)c(F)c1. The maximum absolute atomic E-state index is 13.2. The first kappa shape index (κ1) is 11.3. The quantitative estimate of drug-likeness (QED) is 0.781. The molecular formula is C11H6F2INO. The van der Waals surface area contributed by atoms with Gasteiger partial charge in [0, 0.05) is 6.07 Å². The fourth-order valence-electron chi connectivity index (χ4n) is 1.11.